The first kappa shape index (κ1) is 24.7. The van der Waals surface area contributed by atoms with Gasteiger partial charge in [-0.3, -0.25) is 4.79 Å². The van der Waals surface area contributed by atoms with Crippen LogP contribution in [0.4, 0.5) is 0 Å². The Balaban J connectivity index is 0.00000196. The fraction of sp³-hybridized carbons (Fsp3) is 0.600. The van der Waals surface area contributed by atoms with Crippen molar-refractivity contribution in [3.8, 4) is 0 Å². The number of likely N-dealkylation sites (tertiary alicyclic amines) is 1. The van der Waals surface area contributed by atoms with E-state index in [9.17, 15) is 4.79 Å². The number of piperidine rings is 1. The van der Waals surface area contributed by atoms with Gasteiger partial charge in [-0.15, -0.1) is 24.8 Å². The van der Waals surface area contributed by atoms with Gasteiger partial charge in [-0.25, -0.2) is 4.98 Å². The van der Waals surface area contributed by atoms with Gasteiger partial charge in [0.2, 0.25) is 5.91 Å². The second-order valence-electron chi connectivity index (χ2n) is 7.27. The van der Waals surface area contributed by atoms with E-state index in [0.717, 1.165) is 37.3 Å². The number of para-hydroxylation sites is 2. The number of methoxy groups -OCH3 is 1. The topological polar surface area (TPSA) is 59.4 Å². The van der Waals surface area contributed by atoms with Crippen molar-refractivity contribution >= 4 is 41.8 Å². The van der Waals surface area contributed by atoms with Crippen molar-refractivity contribution < 1.29 is 9.53 Å². The summed E-state index contributed by atoms with van der Waals surface area (Å²) in [6.07, 6.45) is 2.10. The van der Waals surface area contributed by atoms with Gasteiger partial charge >= 0.3 is 0 Å². The maximum Gasteiger partial charge on any atom is 0.236 e. The quantitative estimate of drug-likeness (QED) is 0.683. The molecule has 158 valence electrons. The summed E-state index contributed by atoms with van der Waals surface area (Å²) < 4.78 is 7.35. The molecule has 0 bridgehead atoms. The number of fused-ring (bicyclic) bond motifs is 1. The van der Waals surface area contributed by atoms with Crippen molar-refractivity contribution in [2.45, 2.75) is 38.6 Å². The third-order valence-electron chi connectivity index (χ3n) is 5.04. The molecule has 1 unspecified atom stereocenters. The molecule has 2 heterocycles. The molecule has 1 fully saturated rings. The van der Waals surface area contributed by atoms with Gasteiger partial charge in [-0.1, -0.05) is 12.1 Å². The number of nitrogens with zero attached hydrogens (tertiary/aromatic N) is 3. The van der Waals surface area contributed by atoms with Crippen molar-refractivity contribution in [1.82, 2.24) is 19.8 Å². The molecular weight excluding hydrogens is 399 g/mol. The Hall–Kier alpha value is -1.34. The first-order valence-electron chi connectivity index (χ1n) is 9.56. The summed E-state index contributed by atoms with van der Waals surface area (Å²) in [7, 11) is 1.67. The number of hydrogen-bond donors (Lipinski definition) is 1. The van der Waals surface area contributed by atoms with Gasteiger partial charge < -0.3 is 19.5 Å². The number of benzene rings is 1. The fourth-order valence-corrected chi connectivity index (χ4v) is 3.79. The molecule has 1 N–H and O–H groups in total. The van der Waals surface area contributed by atoms with Crippen molar-refractivity contribution in [2.24, 2.45) is 0 Å². The Kier molecular flexibility index (Phi) is 10.2. The van der Waals surface area contributed by atoms with E-state index in [1.165, 1.54) is 5.52 Å². The molecule has 3 rings (SSSR count). The first-order valence-corrected chi connectivity index (χ1v) is 9.56. The highest BCUT2D eigenvalue weighted by Gasteiger charge is 2.28. The zero-order valence-corrected chi connectivity index (χ0v) is 18.5. The molecule has 0 radical (unpaired) electrons. The minimum Gasteiger partial charge on any atom is -0.383 e. The summed E-state index contributed by atoms with van der Waals surface area (Å²) in [5.41, 5.74) is 2.23. The molecule has 6 nitrogen and oxygen atoms in total. The summed E-state index contributed by atoms with van der Waals surface area (Å²) in [6.45, 7) is 7.67. The van der Waals surface area contributed by atoms with Gasteiger partial charge in [0.15, 0.2) is 0 Å². The van der Waals surface area contributed by atoms with Gasteiger partial charge in [0, 0.05) is 38.7 Å². The summed E-state index contributed by atoms with van der Waals surface area (Å²) in [4.78, 5) is 19.4. The van der Waals surface area contributed by atoms with Crippen LogP contribution in [-0.2, 0) is 9.53 Å². The molecular formula is C20H32Cl2N4O2. The highest BCUT2D eigenvalue weighted by atomic mass is 35.5. The molecule has 1 aromatic carbocycles. The van der Waals surface area contributed by atoms with Crippen LogP contribution >= 0.6 is 24.8 Å². The van der Waals surface area contributed by atoms with Crippen LogP contribution in [0.25, 0.3) is 11.0 Å². The normalized spacial score (nSPS) is 16.7. The average Bonchev–Trinajstić information content (AvgIpc) is 3.05. The Labute approximate surface area is 179 Å². The Morgan fingerprint density at radius 1 is 1.32 bits per heavy atom. The van der Waals surface area contributed by atoms with Crippen LogP contribution in [0.1, 0.15) is 44.5 Å². The molecule has 28 heavy (non-hydrogen) atoms. The second kappa shape index (κ2) is 11.6. The smallest absolute Gasteiger partial charge is 0.236 e. The number of halogens is 2. The van der Waals surface area contributed by atoms with E-state index in [2.05, 4.69) is 41.9 Å². The number of nitrogens with one attached hydrogen (secondary N) is 1. The number of hydrogen-bond acceptors (Lipinski definition) is 4. The number of rotatable bonds is 7. The van der Waals surface area contributed by atoms with E-state index in [-0.39, 0.29) is 30.7 Å². The first-order chi connectivity index (χ1) is 12.6. The lowest BCUT2D eigenvalue weighted by molar-refractivity contribution is -0.131. The number of imidazole rings is 1. The average molecular weight is 431 g/mol. The lowest BCUT2D eigenvalue weighted by atomic mass is 9.96. The standard InChI is InChI=1S/C20H30N4O2.2ClH/c1-15(2)24-18-9-5-4-8-17(18)22-20(24)16-7-6-11-23(14-16)19(25)13-21-10-12-26-3;;/h4-5,8-9,15-16,21H,6-7,10-14H2,1-3H3;2*1H. The summed E-state index contributed by atoms with van der Waals surface area (Å²) >= 11 is 0. The maximum absolute atomic E-state index is 12.5. The highest BCUT2D eigenvalue weighted by molar-refractivity contribution is 5.85. The molecule has 2 aromatic rings. The Bertz CT molecular complexity index is 751. The van der Waals surface area contributed by atoms with Gasteiger partial charge in [0.1, 0.15) is 5.82 Å². The van der Waals surface area contributed by atoms with Crippen LogP contribution in [-0.4, -0.2) is 60.3 Å². The van der Waals surface area contributed by atoms with E-state index in [1.54, 1.807) is 7.11 Å². The van der Waals surface area contributed by atoms with Crippen LogP contribution in [0.3, 0.4) is 0 Å². The second-order valence-corrected chi connectivity index (χ2v) is 7.27. The summed E-state index contributed by atoms with van der Waals surface area (Å²) in [5.74, 6) is 1.57. The van der Waals surface area contributed by atoms with Crippen molar-refractivity contribution in [3.05, 3.63) is 30.1 Å². The fourth-order valence-electron chi connectivity index (χ4n) is 3.79. The van der Waals surface area contributed by atoms with Crippen LogP contribution in [0.15, 0.2) is 24.3 Å². The number of aromatic nitrogens is 2. The maximum atomic E-state index is 12.5. The van der Waals surface area contributed by atoms with Crippen LogP contribution in [0, 0.1) is 0 Å². The lowest BCUT2D eigenvalue weighted by Crippen LogP contribution is -2.44. The lowest BCUT2D eigenvalue weighted by Gasteiger charge is -2.33. The molecule has 1 saturated heterocycles. The molecule has 0 aliphatic carbocycles. The highest BCUT2D eigenvalue weighted by Crippen LogP contribution is 2.31. The van der Waals surface area contributed by atoms with Gasteiger partial charge in [-0.2, -0.15) is 0 Å². The zero-order valence-electron chi connectivity index (χ0n) is 16.9. The van der Waals surface area contributed by atoms with Gasteiger partial charge in [0.25, 0.3) is 0 Å². The number of ether oxygens (including phenoxy) is 1. The van der Waals surface area contributed by atoms with Crippen LogP contribution in [0.5, 0.6) is 0 Å². The molecule has 8 heteroatoms. The van der Waals surface area contributed by atoms with Crippen molar-refractivity contribution in [2.75, 3.05) is 39.9 Å². The minimum atomic E-state index is 0. The predicted molar refractivity (Wildman–Crippen MR) is 118 cm³/mol. The number of carbonyl (C=O) groups excluding carboxylic acids is 1. The molecule has 0 spiro atoms. The molecule has 1 aliphatic rings. The van der Waals surface area contributed by atoms with E-state index in [1.807, 2.05) is 11.0 Å². The SMILES string of the molecule is COCCNCC(=O)N1CCCC(c2nc3ccccc3n2C(C)C)C1.Cl.Cl. The minimum absolute atomic E-state index is 0. The molecule has 1 aliphatic heterocycles. The van der Waals surface area contributed by atoms with E-state index >= 15 is 0 Å². The Morgan fingerprint density at radius 3 is 2.79 bits per heavy atom. The van der Waals surface area contributed by atoms with E-state index in [4.69, 9.17) is 9.72 Å². The van der Waals surface area contributed by atoms with Crippen molar-refractivity contribution in [3.63, 3.8) is 0 Å². The largest absolute Gasteiger partial charge is 0.383 e. The van der Waals surface area contributed by atoms with Gasteiger partial charge in [-0.05, 0) is 38.8 Å². The van der Waals surface area contributed by atoms with Gasteiger partial charge in [0.05, 0.1) is 24.2 Å². The summed E-state index contributed by atoms with van der Waals surface area (Å²) in [5, 5.41) is 3.15. The monoisotopic (exact) mass is 430 g/mol. The third kappa shape index (κ3) is 5.60. The zero-order chi connectivity index (χ0) is 18.5. The molecule has 1 atom stereocenters. The van der Waals surface area contributed by atoms with Crippen molar-refractivity contribution in [1.29, 1.82) is 0 Å². The number of carbonyl (C=O) groups is 1. The molecule has 1 amide bonds. The predicted octanol–water partition coefficient (Wildman–Crippen LogP) is 3.40. The van der Waals surface area contributed by atoms with E-state index < -0.39 is 0 Å². The van der Waals surface area contributed by atoms with Crippen LogP contribution < -0.4 is 5.32 Å². The third-order valence-corrected chi connectivity index (χ3v) is 5.04. The summed E-state index contributed by atoms with van der Waals surface area (Å²) in [6, 6.07) is 8.65. The number of amides is 1. The molecule has 0 saturated carbocycles. The van der Waals surface area contributed by atoms with E-state index in [0.29, 0.717) is 31.7 Å². The Morgan fingerprint density at radius 2 is 2.07 bits per heavy atom. The molecule has 1 aromatic heterocycles. The van der Waals surface area contributed by atoms with Crippen LogP contribution in [0.2, 0.25) is 0 Å².